The van der Waals surface area contributed by atoms with Gasteiger partial charge in [0, 0.05) is 20.1 Å². The second-order valence-corrected chi connectivity index (χ2v) is 7.16. The number of guanidine groups is 1. The van der Waals surface area contributed by atoms with Crippen molar-refractivity contribution in [1.82, 2.24) is 20.2 Å². The maximum absolute atomic E-state index is 5.47. The zero-order chi connectivity index (χ0) is 20.9. The van der Waals surface area contributed by atoms with Gasteiger partial charge in [-0.3, -0.25) is 4.99 Å². The lowest BCUT2D eigenvalue weighted by Gasteiger charge is -2.32. The molecule has 3 aromatic rings. The zero-order valence-corrected chi connectivity index (χ0v) is 20.3. The molecule has 0 radical (unpaired) electrons. The number of halogens is 1. The Bertz CT molecular complexity index is 1040. The number of fused-ring (bicyclic) bond motifs is 1. The van der Waals surface area contributed by atoms with Gasteiger partial charge >= 0.3 is 0 Å². The molecule has 0 fully saturated rings. The average molecular weight is 533 g/mol. The monoisotopic (exact) mass is 533 g/mol. The van der Waals surface area contributed by atoms with Gasteiger partial charge in [0.15, 0.2) is 17.5 Å². The number of hydrogen-bond donors (Lipinski definition) is 2. The second kappa shape index (κ2) is 10.5. The molecule has 1 aliphatic rings. The third-order valence-corrected chi connectivity index (χ3v) is 5.36. The number of aliphatic imine (C=N–C) groups is 1. The summed E-state index contributed by atoms with van der Waals surface area (Å²) in [6.45, 7) is 2.23. The molecule has 31 heavy (non-hydrogen) atoms. The normalized spacial score (nSPS) is 13.3. The Morgan fingerprint density at radius 2 is 1.84 bits per heavy atom. The van der Waals surface area contributed by atoms with E-state index in [-0.39, 0.29) is 24.0 Å². The first-order chi connectivity index (χ1) is 14.7. The molecule has 2 heterocycles. The molecular weight excluding hydrogens is 505 g/mol. The van der Waals surface area contributed by atoms with E-state index in [4.69, 9.17) is 9.47 Å². The molecule has 1 aliphatic heterocycles. The molecule has 0 aliphatic carbocycles. The van der Waals surface area contributed by atoms with Crippen molar-refractivity contribution in [3.63, 3.8) is 0 Å². The van der Waals surface area contributed by atoms with Gasteiger partial charge in [-0.25, -0.2) is 4.98 Å². The highest BCUT2D eigenvalue weighted by Gasteiger charge is 2.21. The van der Waals surface area contributed by atoms with E-state index in [1.807, 2.05) is 31.4 Å². The summed E-state index contributed by atoms with van der Waals surface area (Å²) in [7, 11) is 5.14. The van der Waals surface area contributed by atoms with Gasteiger partial charge in [-0.05, 0) is 35.2 Å². The van der Waals surface area contributed by atoms with E-state index in [1.54, 1.807) is 14.2 Å². The first kappa shape index (κ1) is 22.9. The lowest BCUT2D eigenvalue weighted by molar-refractivity contribution is 0.346. The van der Waals surface area contributed by atoms with Crippen molar-refractivity contribution in [3.05, 3.63) is 65.6 Å². The summed E-state index contributed by atoms with van der Waals surface area (Å²) >= 11 is 0. The van der Waals surface area contributed by atoms with Crippen molar-refractivity contribution in [2.45, 2.75) is 19.5 Å². The summed E-state index contributed by atoms with van der Waals surface area (Å²) in [4.78, 5) is 14.6. The topological polar surface area (TPSA) is 74.8 Å². The Labute approximate surface area is 199 Å². The van der Waals surface area contributed by atoms with Crippen LogP contribution in [-0.4, -0.2) is 48.6 Å². The van der Waals surface area contributed by atoms with Crippen molar-refractivity contribution in [1.29, 1.82) is 0 Å². The minimum atomic E-state index is 0. The summed E-state index contributed by atoms with van der Waals surface area (Å²) in [6.07, 6.45) is 2.79. The van der Waals surface area contributed by atoms with E-state index < -0.39 is 0 Å². The molecule has 1 aromatic heterocycles. The maximum Gasteiger partial charge on any atom is 0.194 e. The minimum Gasteiger partial charge on any atom is -0.493 e. The number of methoxy groups -OCH3 is 2. The second-order valence-electron chi connectivity index (χ2n) is 7.16. The number of nitrogens with one attached hydrogen (secondary N) is 2. The quantitative estimate of drug-likeness (QED) is 0.296. The Balaban J connectivity index is 0.00000272. The number of benzene rings is 2. The SMILES string of the molecule is CN=C(NCc1ncc(-c2ccccc2)[nH]1)N1CCc2cc(OC)c(OC)cc2C1.I. The number of aromatic nitrogens is 2. The van der Waals surface area contributed by atoms with Crippen LogP contribution in [0.15, 0.2) is 53.7 Å². The maximum atomic E-state index is 5.47. The summed E-state index contributed by atoms with van der Waals surface area (Å²) in [5.41, 5.74) is 4.65. The van der Waals surface area contributed by atoms with Crippen molar-refractivity contribution in [3.8, 4) is 22.8 Å². The third-order valence-electron chi connectivity index (χ3n) is 5.36. The molecule has 2 N–H and O–H groups in total. The standard InChI is InChI=1S/C23H27N5O2.HI/c1-24-23(26-14-22-25-13-19(27-22)16-7-5-4-6-8-16)28-10-9-17-11-20(29-2)21(30-3)12-18(17)15-28;/h4-8,11-13H,9-10,14-15H2,1-3H3,(H,24,26)(H,25,27);1H. The van der Waals surface area contributed by atoms with Gasteiger partial charge in [0.1, 0.15) is 5.82 Å². The summed E-state index contributed by atoms with van der Waals surface area (Å²) in [5, 5.41) is 3.43. The van der Waals surface area contributed by atoms with Crippen LogP contribution in [0.2, 0.25) is 0 Å². The molecule has 0 atom stereocenters. The molecule has 0 unspecified atom stereocenters. The molecule has 4 rings (SSSR count). The van der Waals surface area contributed by atoms with Crippen LogP contribution >= 0.6 is 24.0 Å². The fourth-order valence-corrected chi connectivity index (χ4v) is 3.78. The number of imidazole rings is 1. The van der Waals surface area contributed by atoms with E-state index >= 15 is 0 Å². The summed E-state index contributed by atoms with van der Waals surface area (Å²) < 4.78 is 10.9. The number of hydrogen-bond acceptors (Lipinski definition) is 4. The molecule has 0 saturated carbocycles. The smallest absolute Gasteiger partial charge is 0.194 e. The van der Waals surface area contributed by atoms with Crippen molar-refractivity contribution in [2.75, 3.05) is 27.8 Å². The predicted octanol–water partition coefficient (Wildman–Crippen LogP) is 3.85. The van der Waals surface area contributed by atoms with E-state index in [0.717, 1.165) is 54.1 Å². The predicted molar refractivity (Wildman–Crippen MR) is 133 cm³/mol. The molecule has 0 amide bonds. The lowest BCUT2D eigenvalue weighted by atomic mass is 9.99. The van der Waals surface area contributed by atoms with Crippen molar-refractivity contribution >= 4 is 29.9 Å². The third kappa shape index (κ3) is 5.12. The average Bonchev–Trinajstić information content (AvgIpc) is 3.28. The molecular formula is C23H28IN5O2. The number of H-pyrrole nitrogens is 1. The van der Waals surface area contributed by atoms with Gasteiger partial charge in [0.05, 0.1) is 32.7 Å². The van der Waals surface area contributed by atoms with Crippen LogP contribution in [0.5, 0.6) is 11.5 Å². The number of rotatable bonds is 5. The first-order valence-corrected chi connectivity index (χ1v) is 10.0. The number of nitrogens with zero attached hydrogens (tertiary/aromatic N) is 3. The van der Waals surface area contributed by atoms with E-state index in [9.17, 15) is 0 Å². The molecule has 0 bridgehead atoms. The Hall–Kier alpha value is -2.75. The number of aromatic amines is 1. The van der Waals surface area contributed by atoms with Crippen LogP contribution in [0.1, 0.15) is 17.0 Å². The van der Waals surface area contributed by atoms with Crippen LogP contribution in [0, 0.1) is 0 Å². The van der Waals surface area contributed by atoms with Crippen LogP contribution in [-0.2, 0) is 19.5 Å². The number of ether oxygens (including phenoxy) is 2. The summed E-state index contributed by atoms with van der Waals surface area (Å²) in [5.74, 6) is 3.26. The van der Waals surface area contributed by atoms with Gasteiger partial charge in [-0.2, -0.15) is 0 Å². The van der Waals surface area contributed by atoms with E-state index in [0.29, 0.717) is 6.54 Å². The fourth-order valence-electron chi connectivity index (χ4n) is 3.78. The largest absolute Gasteiger partial charge is 0.493 e. The van der Waals surface area contributed by atoms with Crippen LogP contribution < -0.4 is 14.8 Å². The summed E-state index contributed by atoms with van der Waals surface area (Å²) in [6, 6.07) is 14.3. The van der Waals surface area contributed by atoms with E-state index in [1.165, 1.54) is 11.1 Å². The van der Waals surface area contributed by atoms with E-state index in [2.05, 4.69) is 49.4 Å². The molecule has 7 nitrogen and oxygen atoms in total. The van der Waals surface area contributed by atoms with Crippen molar-refractivity contribution < 1.29 is 9.47 Å². The van der Waals surface area contributed by atoms with Gasteiger partial charge in [-0.15, -0.1) is 24.0 Å². The highest BCUT2D eigenvalue weighted by molar-refractivity contribution is 14.0. The highest BCUT2D eigenvalue weighted by atomic mass is 127. The van der Waals surface area contributed by atoms with Crippen LogP contribution in [0.3, 0.4) is 0 Å². The van der Waals surface area contributed by atoms with Crippen LogP contribution in [0.4, 0.5) is 0 Å². The zero-order valence-electron chi connectivity index (χ0n) is 18.0. The van der Waals surface area contributed by atoms with Crippen molar-refractivity contribution in [2.24, 2.45) is 4.99 Å². The molecule has 0 spiro atoms. The Morgan fingerprint density at radius 3 is 2.52 bits per heavy atom. The lowest BCUT2D eigenvalue weighted by Crippen LogP contribution is -2.43. The van der Waals surface area contributed by atoms with Gasteiger partial charge in [-0.1, -0.05) is 30.3 Å². The minimum absolute atomic E-state index is 0. The molecule has 8 heteroatoms. The Morgan fingerprint density at radius 1 is 1.13 bits per heavy atom. The van der Waals surface area contributed by atoms with Gasteiger partial charge in [0.2, 0.25) is 0 Å². The highest BCUT2D eigenvalue weighted by Crippen LogP contribution is 2.33. The van der Waals surface area contributed by atoms with Gasteiger partial charge in [0.25, 0.3) is 0 Å². The van der Waals surface area contributed by atoms with Crippen LogP contribution in [0.25, 0.3) is 11.3 Å². The molecule has 0 saturated heterocycles. The first-order valence-electron chi connectivity index (χ1n) is 10.0. The molecule has 2 aromatic carbocycles. The molecule has 164 valence electrons. The van der Waals surface area contributed by atoms with Gasteiger partial charge < -0.3 is 24.7 Å². The Kier molecular flexibility index (Phi) is 7.78. The fraction of sp³-hybridized carbons (Fsp3) is 0.304.